The molecule has 23 heavy (non-hydrogen) atoms. The molecule has 4 nitrogen and oxygen atoms in total. The van der Waals surface area contributed by atoms with E-state index >= 15 is 0 Å². The fourth-order valence-corrected chi connectivity index (χ4v) is 2.41. The van der Waals surface area contributed by atoms with E-state index in [2.05, 4.69) is 10.5 Å². The van der Waals surface area contributed by atoms with Crippen LogP contribution in [0.3, 0.4) is 0 Å². The molecule has 0 radical (unpaired) electrons. The van der Waals surface area contributed by atoms with Crippen LogP contribution in [0.2, 0.25) is 0 Å². The standard InChI is InChI=1S/C18H20N2O2S/c1-13-4-9-17(14(2)10-13)22-12-18(21)20-19-11-15-5-7-16(23-3)8-6-15/h4-11H,12H2,1-3H3,(H,20,21)/b19-11+. The van der Waals surface area contributed by atoms with Crippen LogP contribution in [0.5, 0.6) is 5.75 Å². The Hall–Kier alpha value is -2.27. The van der Waals surface area contributed by atoms with Crippen LogP contribution >= 0.6 is 11.8 Å². The molecular weight excluding hydrogens is 308 g/mol. The molecule has 0 heterocycles. The van der Waals surface area contributed by atoms with Crippen LogP contribution in [0, 0.1) is 13.8 Å². The highest BCUT2D eigenvalue weighted by molar-refractivity contribution is 7.98. The lowest BCUT2D eigenvalue weighted by molar-refractivity contribution is -0.123. The number of amides is 1. The quantitative estimate of drug-likeness (QED) is 0.501. The van der Waals surface area contributed by atoms with Crippen molar-refractivity contribution in [2.24, 2.45) is 5.10 Å². The summed E-state index contributed by atoms with van der Waals surface area (Å²) in [7, 11) is 0. The van der Waals surface area contributed by atoms with Gasteiger partial charge in [0.15, 0.2) is 6.61 Å². The molecule has 1 N–H and O–H groups in total. The van der Waals surface area contributed by atoms with E-state index in [0.717, 1.165) is 16.7 Å². The number of ether oxygens (including phenoxy) is 1. The van der Waals surface area contributed by atoms with E-state index in [4.69, 9.17) is 4.74 Å². The second kappa shape index (κ2) is 8.39. The molecule has 0 saturated heterocycles. The molecule has 2 aromatic carbocycles. The lowest BCUT2D eigenvalue weighted by atomic mass is 10.1. The summed E-state index contributed by atoms with van der Waals surface area (Å²) in [5.74, 6) is 0.421. The number of rotatable bonds is 6. The molecular formula is C18H20N2O2S. The molecule has 0 aromatic heterocycles. The maximum atomic E-state index is 11.7. The van der Waals surface area contributed by atoms with Gasteiger partial charge in [-0.15, -0.1) is 11.8 Å². The number of nitrogens with zero attached hydrogens (tertiary/aromatic N) is 1. The van der Waals surface area contributed by atoms with E-state index in [1.54, 1.807) is 18.0 Å². The molecule has 0 bridgehead atoms. The molecule has 120 valence electrons. The van der Waals surface area contributed by atoms with Crippen molar-refractivity contribution in [2.45, 2.75) is 18.7 Å². The van der Waals surface area contributed by atoms with Crippen molar-refractivity contribution in [3.63, 3.8) is 0 Å². The monoisotopic (exact) mass is 328 g/mol. The zero-order valence-corrected chi connectivity index (χ0v) is 14.3. The van der Waals surface area contributed by atoms with Crippen molar-refractivity contribution >= 4 is 23.9 Å². The van der Waals surface area contributed by atoms with Crippen molar-refractivity contribution in [1.29, 1.82) is 0 Å². The summed E-state index contributed by atoms with van der Waals surface area (Å²) >= 11 is 1.68. The van der Waals surface area contributed by atoms with Gasteiger partial charge in [0.1, 0.15) is 5.75 Å². The van der Waals surface area contributed by atoms with Gasteiger partial charge >= 0.3 is 0 Å². The fourth-order valence-electron chi connectivity index (χ4n) is 2.01. The van der Waals surface area contributed by atoms with Crippen molar-refractivity contribution in [1.82, 2.24) is 5.43 Å². The molecule has 5 heteroatoms. The molecule has 2 rings (SSSR count). The summed E-state index contributed by atoms with van der Waals surface area (Å²) in [5.41, 5.74) is 5.56. The SMILES string of the molecule is CSc1ccc(/C=N/NC(=O)COc2ccc(C)cc2C)cc1. The normalized spacial score (nSPS) is 10.7. The van der Waals surface area contributed by atoms with Gasteiger partial charge in [-0.2, -0.15) is 5.10 Å². The Morgan fingerprint density at radius 2 is 1.96 bits per heavy atom. The number of hydrogen-bond donors (Lipinski definition) is 1. The van der Waals surface area contributed by atoms with Crippen LogP contribution in [0.4, 0.5) is 0 Å². The minimum atomic E-state index is -0.290. The van der Waals surface area contributed by atoms with Gasteiger partial charge in [0.2, 0.25) is 0 Å². The molecule has 1 amide bonds. The molecule has 0 aliphatic heterocycles. The Bertz CT molecular complexity index is 697. The third kappa shape index (κ3) is 5.45. The Balaban J connectivity index is 1.81. The van der Waals surface area contributed by atoms with Crippen molar-refractivity contribution in [3.05, 3.63) is 59.2 Å². The number of nitrogens with one attached hydrogen (secondary N) is 1. The van der Waals surface area contributed by atoms with Gasteiger partial charge in [-0.1, -0.05) is 29.8 Å². The maximum absolute atomic E-state index is 11.7. The number of aryl methyl sites for hydroxylation is 2. The van der Waals surface area contributed by atoms with Gasteiger partial charge in [-0.3, -0.25) is 4.79 Å². The van der Waals surface area contributed by atoms with E-state index in [1.165, 1.54) is 4.90 Å². The van der Waals surface area contributed by atoms with Crippen LogP contribution in [0.1, 0.15) is 16.7 Å². The van der Waals surface area contributed by atoms with E-state index in [-0.39, 0.29) is 12.5 Å². The number of hydrogen-bond acceptors (Lipinski definition) is 4. The fraction of sp³-hybridized carbons (Fsp3) is 0.222. The molecule has 0 atom stereocenters. The molecule has 0 fully saturated rings. The molecule has 2 aromatic rings. The van der Waals surface area contributed by atoms with Crippen LogP contribution in [-0.2, 0) is 4.79 Å². The Kier molecular flexibility index (Phi) is 6.23. The number of benzene rings is 2. The number of thioether (sulfide) groups is 1. The molecule has 0 aliphatic carbocycles. The Labute approximate surface area is 140 Å². The van der Waals surface area contributed by atoms with Crippen LogP contribution < -0.4 is 10.2 Å². The number of carbonyl (C=O) groups excluding carboxylic acids is 1. The third-order valence-electron chi connectivity index (χ3n) is 3.21. The predicted octanol–water partition coefficient (Wildman–Crippen LogP) is 3.55. The number of carbonyl (C=O) groups is 1. The molecule has 0 unspecified atom stereocenters. The average Bonchev–Trinajstić information content (AvgIpc) is 2.54. The topological polar surface area (TPSA) is 50.7 Å². The summed E-state index contributed by atoms with van der Waals surface area (Å²) in [5, 5.41) is 3.93. The highest BCUT2D eigenvalue weighted by Crippen LogP contribution is 2.18. The minimum absolute atomic E-state index is 0.0628. The van der Waals surface area contributed by atoms with Gasteiger partial charge < -0.3 is 4.74 Å². The molecule has 0 spiro atoms. The van der Waals surface area contributed by atoms with Gasteiger partial charge in [0.05, 0.1) is 6.21 Å². The molecule has 0 saturated carbocycles. The van der Waals surface area contributed by atoms with Gasteiger partial charge in [-0.25, -0.2) is 5.43 Å². The smallest absolute Gasteiger partial charge is 0.277 e. The Morgan fingerprint density at radius 3 is 2.61 bits per heavy atom. The minimum Gasteiger partial charge on any atom is -0.483 e. The van der Waals surface area contributed by atoms with Crippen LogP contribution in [0.15, 0.2) is 52.5 Å². The average molecular weight is 328 g/mol. The summed E-state index contributed by atoms with van der Waals surface area (Å²) in [6.07, 6.45) is 3.64. The summed E-state index contributed by atoms with van der Waals surface area (Å²) in [6, 6.07) is 13.8. The highest BCUT2D eigenvalue weighted by Gasteiger charge is 2.04. The first-order valence-electron chi connectivity index (χ1n) is 7.24. The van der Waals surface area contributed by atoms with Gasteiger partial charge in [-0.05, 0) is 49.4 Å². The first kappa shape index (κ1) is 17.1. The summed E-state index contributed by atoms with van der Waals surface area (Å²) in [6.45, 7) is 3.91. The van der Waals surface area contributed by atoms with E-state index in [9.17, 15) is 4.79 Å². The Morgan fingerprint density at radius 1 is 1.22 bits per heavy atom. The number of hydrazone groups is 1. The first-order valence-corrected chi connectivity index (χ1v) is 8.47. The lowest BCUT2D eigenvalue weighted by Crippen LogP contribution is -2.24. The van der Waals surface area contributed by atoms with Gasteiger partial charge in [0.25, 0.3) is 5.91 Å². The largest absolute Gasteiger partial charge is 0.483 e. The lowest BCUT2D eigenvalue weighted by Gasteiger charge is -2.08. The molecule has 0 aliphatic rings. The van der Waals surface area contributed by atoms with Crippen molar-refractivity contribution in [2.75, 3.05) is 12.9 Å². The summed E-state index contributed by atoms with van der Waals surface area (Å²) < 4.78 is 5.50. The maximum Gasteiger partial charge on any atom is 0.277 e. The van der Waals surface area contributed by atoms with Crippen LogP contribution in [-0.4, -0.2) is 25.0 Å². The highest BCUT2D eigenvalue weighted by atomic mass is 32.2. The van der Waals surface area contributed by atoms with Crippen molar-refractivity contribution in [3.8, 4) is 5.75 Å². The zero-order valence-electron chi connectivity index (χ0n) is 13.5. The van der Waals surface area contributed by atoms with Gasteiger partial charge in [0, 0.05) is 4.90 Å². The second-order valence-electron chi connectivity index (χ2n) is 5.12. The van der Waals surface area contributed by atoms with E-state index in [0.29, 0.717) is 5.75 Å². The summed E-state index contributed by atoms with van der Waals surface area (Å²) in [4.78, 5) is 12.9. The van der Waals surface area contributed by atoms with E-state index < -0.39 is 0 Å². The van der Waals surface area contributed by atoms with Crippen molar-refractivity contribution < 1.29 is 9.53 Å². The second-order valence-corrected chi connectivity index (χ2v) is 6.00. The van der Waals surface area contributed by atoms with Crippen LogP contribution in [0.25, 0.3) is 0 Å². The third-order valence-corrected chi connectivity index (χ3v) is 3.95. The predicted molar refractivity (Wildman–Crippen MR) is 95.4 cm³/mol. The first-order chi connectivity index (χ1) is 11.1. The zero-order chi connectivity index (χ0) is 16.7. The van der Waals surface area contributed by atoms with E-state index in [1.807, 2.05) is 62.6 Å².